The first-order valence-electron chi connectivity index (χ1n) is 7.33. The Kier molecular flexibility index (Phi) is 3.70. The fourth-order valence-electron chi connectivity index (χ4n) is 2.91. The van der Waals surface area contributed by atoms with Crippen molar-refractivity contribution in [3.8, 4) is 0 Å². The van der Waals surface area contributed by atoms with E-state index in [1.165, 1.54) is 10.8 Å². The number of carbonyl (C=O) groups is 1. The molecule has 0 aliphatic carbocycles. The average Bonchev–Trinajstić information content (AvgIpc) is 2.49. The van der Waals surface area contributed by atoms with Crippen LogP contribution in [0.3, 0.4) is 0 Å². The van der Waals surface area contributed by atoms with Crippen LogP contribution in [-0.4, -0.2) is 25.0 Å². The lowest BCUT2D eigenvalue weighted by Gasteiger charge is -2.32. The van der Waals surface area contributed by atoms with Gasteiger partial charge in [0.15, 0.2) is 0 Å². The third kappa shape index (κ3) is 2.41. The van der Waals surface area contributed by atoms with Gasteiger partial charge in [-0.1, -0.05) is 37.3 Å². The summed E-state index contributed by atoms with van der Waals surface area (Å²) in [4.78, 5) is 14.4. The van der Waals surface area contributed by atoms with Crippen molar-refractivity contribution in [1.82, 2.24) is 5.32 Å². The van der Waals surface area contributed by atoms with Crippen molar-refractivity contribution < 1.29 is 4.79 Å². The number of hydrogen-bond acceptors (Lipinski definition) is 2. The number of amides is 1. The van der Waals surface area contributed by atoms with E-state index in [1.54, 1.807) is 0 Å². The molecule has 0 bridgehead atoms. The van der Waals surface area contributed by atoms with Crippen LogP contribution in [0.2, 0.25) is 0 Å². The van der Waals surface area contributed by atoms with Gasteiger partial charge in [0.2, 0.25) is 5.91 Å². The fourth-order valence-corrected chi connectivity index (χ4v) is 2.91. The molecule has 1 fully saturated rings. The van der Waals surface area contributed by atoms with Crippen LogP contribution >= 0.6 is 0 Å². The second-order valence-electron chi connectivity index (χ2n) is 5.27. The Bertz CT molecular complexity index is 621. The number of nitrogens with zero attached hydrogens (tertiary/aromatic N) is 1. The van der Waals surface area contributed by atoms with Crippen LogP contribution in [0.5, 0.6) is 0 Å². The molecule has 1 amide bonds. The Morgan fingerprint density at radius 3 is 2.80 bits per heavy atom. The van der Waals surface area contributed by atoms with E-state index < -0.39 is 0 Å². The molecule has 2 aromatic carbocycles. The van der Waals surface area contributed by atoms with E-state index in [0.29, 0.717) is 0 Å². The Morgan fingerprint density at radius 1 is 1.20 bits per heavy atom. The molecule has 20 heavy (non-hydrogen) atoms. The van der Waals surface area contributed by atoms with Crippen molar-refractivity contribution in [2.75, 3.05) is 18.0 Å². The molecule has 3 nitrogen and oxygen atoms in total. The summed E-state index contributed by atoms with van der Waals surface area (Å²) in [6, 6.07) is 14.5. The average molecular weight is 268 g/mol. The highest BCUT2D eigenvalue weighted by Gasteiger charge is 2.28. The minimum atomic E-state index is -0.0276. The van der Waals surface area contributed by atoms with E-state index in [-0.39, 0.29) is 11.9 Å². The maximum Gasteiger partial charge on any atom is 0.244 e. The molecule has 1 heterocycles. The zero-order chi connectivity index (χ0) is 13.9. The molecule has 0 spiro atoms. The van der Waals surface area contributed by atoms with E-state index in [4.69, 9.17) is 0 Å². The molecule has 1 aliphatic rings. The van der Waals surface area contributed by atoms with Gasteiger partial charge in [-0.3, -0.25) is 4.79 Å². The zero-order valence-electron chi connectivity index (χ0n) is 11.8. The van der Waals surface area contributed by atoms with Crippen molar-refractivity contribution in [2.24, 2.45) is 0 Å². The van der Waals surface area contributed by atoms with Crippen LogP contribution in [0.15, 0.2) is 42.5 Å². The van der Waals surface area contributed by atoms with Crippen LogP contribution in [0.25, 0.3) is 10.8 Å². The molecule has 2 aromatic rings. The number of nitrogens with one attached hydrogen (secondary N) is 1. The van der Waals surface area contributed by atoms with Gasteiger partial charge < -0.3 is 10.2 Å². The van der Waals surface area contributed by atoms with Crippen molar-refractivity contribution >= 4 is 22.4 Å². The van der Waals surface area contributed by atoms with Gasteiger partial charge in [0.1, 0.15) is 0 Å². The molecule has 0 saturated carbocycles. The van der Waals surface area contributed by atoms with E-state index in [9.17, 15) is 4.79 Å². The second kappa shape index (κ2) is 5.63. The number of fused-ring (bicyclic) bond motifs is 1. The van der Waals surface area contributed by atoms with Gasteiger partial charge >= 0.3 is 0 Å². The maximum absolute atomic E-state index is 12.5. The van der Waals surface area contributed by atoms with Crippen LogP contribution < -0.4 is 10.2 Å². The van der Waals surface area contributed by atoms with E-state index in [1.807, 2.05) is 24.0 Å². The molecule has 1 N–H and O–H groups in total. The van der Waals surface area contributed by atoms with Gasteiger partial charge in [0, 0.05) is 12.2 Å². The lowest BCUT2D eigenvalue weighted by atomic mass is 10.0. The van der Waals surface area contributed by atoms with Crippen LogP contribution in [0.4, 0.5) is 5.69 Å². The van der Waals surface area contributed by atoms with E-state index in [0.717, 1.165) is 31.6 Å². The Labute approximate surface area is 119 Å². The molecule has 0 radical (unpaired) electrons. The summed E-state index contributed by atoms with van der Waals surface area (Å²) in [6.45, 7) is 3.70. The molecule has 1 unspecified atom stereocenters. The number of benzene rings is 2. The van der Waals surface area contributed by atoms with Gasteiger partial charge in [0.25, 0.3) is 0 Å². The SMILES string of the molecule is CCNC1CCCN(c2ccc3ccccc3c2)C1=O. The number of anilines is 1. The highest BCUT2D eigenvalue weighted by molar-refractivity contribution is 5.99. The summed E-state index contributed by atoms with van der Waals surface area (Å²) in [7, 11) is 0. The predicted octanol–water partition coefficient (Wildman–Crippen LogP) is 2.94. The molecule has 3 heteroatoms. The molecule has 1 atom stereocenters. The summed E-state index contributed by atoms with van der Waals surface area (Å²) < 4.78 is 0. The van der Waals surface area contributed by atoms with Crippen molar-refractivity contribution in [3.63, 3.8) is 0 Å². The number of rotatable bonds is 3. The fraction of sp³-hybridized carbons (Fsp3) is 0.353. The third-order valence-electron chi connectivity index (χ3n) is 3.93. The molecule has 3 rings (SSSR count). The summed E-state index contributed by atoms with van der Waals surface area (Å²) in [6.07, 6.45) is 1.99. The molecule has 1 aliphatic heterocycles. The van der Waals surface area contributed by atoms with Gasteiger partial charge in [-0.25, -0.2) is 0 Å². The smallest absolute Gasteiger partial charge is 0.244 e. The van der Waals surface area contributed by atoms with Gasteiger partial charge in [-0.2, -0.15) is 0 Å². The van der Waals surface area contributed by atoms with Crippen molar-refractivity contribution in [3.05, 3.63) is 42.5 Å². The zero-order valence-corrected chi connectivity index (χ0v) is 11.8. The number of likely N-dealkylation sites (N-methyl/N-ethyl adjacent to an activating group) is 1. The van der Waals surface area contributed by atoms with Crippen molar-refractivity contribution in [1.29, 1.82) is 0 Å². The standard InChI is InChI=1S/C17H20N2O/c1-2-18-16-8-5-11-19(17(16)20)15-10-9-13-6-3-4-7-14(13)12-15/h3-4,6-7,9-10,12,16,18H,2,5,8,11H2,1H3. The Balaban J connectivity index is 1.91. The summed E-state index contributed by atoms with van der Waals surface area (Å²) in [5, 5.41) is 5.68. The first kappa shape index (κ1) is 13.1. The Morgan fingerprint density at radius 2 is 2.00 bits per heavy atom. The quantitative estimate of drug-likeness (QED) is 0.928. The highest BCUT2D eigenvalue weighted by Crippen LogP contribution is 2.25. The number of carbonyl (C=O) groups excluding carboxylic acids is 1. The second-order valence-corrected chi connectivity index (χ2v) is 5.27. The predicted molar refractivity (Wildman–Crippen MR) is 83.0 cm³/mol. The topological polar surface area (TPSA) is 32.3 Å². The Hall–Kier alpha value is -1.87. The molecular weight excluding hydrogens is 248 g/mol. The van der Waals surface area contributed by atoms with E-state index in [2.05, 4.69) is 35.6 Å². The van der Waals surface area contributed by atoms with Crippen LogP contribution in [0.1, 0.15) is 19.8 Å². The monoisotopic (exact) mass is 268 g/mol. The first-order chi connectivity index (χ1) is 9.79. The molecular formula is C17H20N2O. The number of piperidine rings is 1. The molecule has 0 aromatic heterocycles. The lowest BCUT2D eigenvalue weighted by molar-refractivity contribution is -0.121. The molecule has 104 valence electrons. The normalized spacial score (nSPS) is 19.6. The minimum Gasteiger partial charge on any atom is -0.311 e. The first-order valence-corrected chi connectivity index (χ1v) is 7.33. The lowest BCUT2D eigenvalue weighted by Crippen LogP contribution is -2.50. The highest BCUT2D eigenvalue weighted by atomic mass is 16.2. The van der Waals surface area contributed by atoms with Gasteiger partial charge in [-0.15, -0.1) is 0 Å². The molecule has 1 saturated heterocycles. The van der Waals surface area contributed by atoms with Crippen LogP contribution in [-0.2, 0) is 4.79 Å². The van der Waals surface area contributed by atoms with Gasteiger partial charge in [-0.05, 0) is 42.3 Å². The maximum atomic E-state index is 12.5. The van der Waals surface area contributed by atoms with Gasteiger partial charge in [0.05, 0.1) is 6.04 Å². The third-order valence-corrected chi connectivity index (χ3v) is 3.93. The number of hydrogen-bond donors (Lipinski definition) is 1. The van der Waals surface area contributed by atoms with Crippen molar-refractivity contribution in [2.45, 2.75) is 25.8 Å². The summed E-state index contributed by atoms with van der Waals surface area (Å²) in [5.74, 6) is 0.202. The summed E-state index contributed by atoms with van der Waals surface area (Å²) in [5.41, 5.74) is 1.01. The van der Waals surface area contributed by atoms with Crippen LogP contribution in [0, 0.1) is 0 Å². The largest absolute Gasteiger partial charge is 0.311 e. The minimum absolute atomic E-state index is 0.0276. The summed E-state index contributed by atoms with van der Waals surface area (Å²) >= 11 is 0. The van der Waals surface area contributed by atoms with E-state index >= 15 is 0 Å².